The third-order valence-corrected chi connectivity index (χ3v) is 10.1. The van der Waals surface area contributed by atoms with Crippen LogP contribution in [0.4, 0.5) is 0 Å². The zero-order valence-electron chi connectivity index (χ0n) is 16.7. The fourth-order valence-electron chi connectivity index (χ4n) is 3.49. The number of rotatable bonds is 7. The van der Waals surface area contributed by atoms with Crippen molar-refractivity contribution in [3.8, 4) is 11.5 Å². The molecule has 23 heavy (non-hydrogen) atoms. The summed E-state index contributed by atoms with van der Waals surface area (Å²) in [6, 6.07) is 0. The van der Waals surface area contributed by atoms with Crippen molar-refractivity contribution in [3.63, 3.8) is 0 Å². The van der Waals surface area contributed by atoms with Crippen LogP contribution >= 0.6 is 0 Å². The minimum absolute atomic E-state index is 0.0829. The van der Waals surface area contributed by atoms with Crippen LogP contribution in [0.1, 0.15) is 87.5 Å². The zero-order valence-corrected chi connectivity index (χ0v) is 17.7. The van der Waals surface area contributed by atoms with Gasteiger partial charge in [-0.25, -0.2) is 0 Å². The van der Waals surface area contributed by atoms with E-state index >= 15 is 0 Å². The van der Waals surface area contributed by atoms with Crippen LogP contribution in [-0.4, -0.2) is 27.1 Å². The van der Waals surface area contributed by atoms with Gasteiger partial charge in [0.1, 0.15) is 6.10 Å². The molecule has 0 aromatic rings. The number of hydrogen-bond acceptors (Lipinski definition) is 2. The van der Waals surface area contributed by atoms with E-state index in [0.717, 1.165) is 12.8 Å². The standard InChI is InChI=1S/C20H38O2Si/c1-9-11-12-13-15-23(19(3,4)5,20(6,7)8)21-16-18-17(22-18)14-10-2/h17-18H,9-12,14,16H2,1-8H3/t17-,18-/m0/s1. The number of hydrogen-bond donors (Lipinski definition) is 0. The molecule has 1 aliphatic rings. The topological polar surface area (TPSA) is 21.8 Å². The molecule has 0 aliphatic carbocycles. The summed E-state index contributed by atoms with van der Waals surface area (Å²) in [5.41, 5.74) is 3.69. The Morgan fingerprint density at radius 1 is 0.957 bits per heavy atom. The molecule has 0 spiro atoms. The lowest BCUT2D eigenvalue weighted by Crippen LogP contribution is -2.54. The van der Waals surface area contributed by atoms with Gasteiger partial charge in [0, 0.05) is 6.42 Å². The molecule has 0 N–H and O–H groups in total. The Kier molecular flexibility index (Phi) is 7.38. The van der Waals surface area contributed by atoms with Gasteiger partial charge in [0.05, 0.1) is 12.7 Å². The highest BCUT2D eigenvalue weighted by molar-refractivity contribution is 6.86. The first-order valence-electron chi connectivity index (χ1n) is 9.38. The molecule has 3 heteroatoms. The third-order valence-electron chi connectivity index (χ3n) is 4.76. The lowest BCUT2D eigenvalue weighted by Gasteiger charge is -2.46. The molecule has 134 valence electrons. The van der Waals surface area contributed by atoms with E-state index in [1.165, 1.54) is 19.3 Å². The summed E-state index contributed by atoms with van der Waals surface area (Å²) < 4.78 is 12.4. The number of ether oxygens (including phenoxy) is 1. The molecule has 2 atom stereocenters. The van der Waals surface area contributed by atoms with E-state index in [-0.39, 0.29) is 10.1 Å². The molecule has 1 fully saturated rings. The quantitative estimate of drug-likeness (QED) is 0.251. The van der Waals surface area contributed by atoms with Gasteiger partial charge in [-0.15, -0.1) is 5.92 Å². The van der Waals surface area contributed by atoms with E-state index in [1.807, 2.05) is 0 Å². The minimum Gasteiger partial charge on any atom is -0.402 e. The zero-order chi connectivity index (χ0) is 17.7. The van der Waals surface area contributed by atoms with Gasteiger partial charge in [-0.1, -0.05) is 73.8 Å². The Bertz CT molecular complexity index is 406. The summed E-state index contributed by atoms with van der Waals surface area (Å²) in [5.74, 6) is 3.47. The first kappa shape index (κ1) is 20.7. The molecule has 2 nitrogen and oxygen atoms in total. The van der Waals surface area contributed by atoms with Gasteiger partial charge < -0.3 is 9.16 Å². The predicted octanol–water partition coefficient (Wildman–Crippen LogP) is 5.85. The monoisotopic (exact) mass is 338 g/mol. The van der Waals surface area contributed by atoms with E-state index in [4.69, 9.17) is 9.16 Å². The van der Waals surface area contributed by atoms with Crippen LogP contribution in [0.15, 0.2) is 0 Å². The molecule has 1 rings (SSSR count). The average molecular weight is 339 g/mol. The summed E-state index contributed by atoms with van der Waals surface area (Å²) in [6.07, 6.45) is 6.40. The van der Waals surface area contributed by atoms with E-state index < -0.39 is 8.32 Å². The highest BCUT2D eigenvalue weighted by Crippen LogP contribution is 2.51. The van der Waals surface area contributed by atoms with Gasteiger partial charge in [0.25, 0.3) is 8.32 Å². The molecular weight excluding hydrogens is 300 g/mol. The van der Waals surface area contributed by atoms with Gasteiger partial charge in [-0.2, -0.15) is 0 Å². The molecule has 1 saturated heterocycles. The highest BCUT2D eigenvalue weighted by Gasteiger charge is 2.56. The summed E-state index contributed by atoms with van der Waals surface area (Å²) in [6.45, 7) is 19.0. The molecule has 0 aromatic heterocycles. The van der Waals surface area contributed by atoms with E-state index in [2.05, 4.69) is 66.9 Å². The van der Waals surface area contributed by atoms with Crippen molar-refractivity contribution < 1.29 is 9.16 Å². The van der Waals surface area contributed by atoms with Crippen LogP contribution in [0.2, 0.25) is 10.1 Å². The van der Waals surface area contributed by atoms with E-state index in [9.17, 15) is 0 Å². The maximum atomic E-state index is 6.68. The summed E-state index contributed by atoms with van der Waals surface area (Å²) in [4.78, 5) is 0. The second kappa shape index (κ2) is 8.19. The fraction of sp³-hybridized carbons (Fsp3) is 0.900. The van der Waals surface area contributed by atoms with Crippen molar-refractivity contribution in [3.05, 3.63) is 0 Å². The highest BCUT2D eigenvalue weighted by atomic mass is 28.4. The molecule has 0 saturated carbocycles. The van der Waals surface area contributed by atoms with Gasteiger partial charge in [0.2, 0.25) is 0 Å². The Labute approximate surface area is 145 Å². The van der Waals surface area contributed by atoms with Crippen LogP contribution in [0.25, 0.3) is 0 Å². The lowest BCUT2D eigenvalue weighted by molar-refractivity contribution is 0.229. The van der Waals surface area contributed by atoms with Crippen molar-refractivity contribution in [2.24, 2.45) is 0 Å². The van der Waals surface area contributed by atoms with Crippen molar-refractivity contribution in [1.29, 1.82) is 0 Å². The lowest BCUT2D eigenvalue weighted by atomic mass is 10.2. The Hall–Kier alpha value is -0.303. The molecule has 1 heterocycles. The van der Waals surface area contributed by atoms with Gasteiger partial charge in [0.15, 0.2) is 0 Å². The van der Waals surface area contributed by atoms with Crippen LogP contribution in [0.3, 0.4) is 0 Å². The molecule has 0 bridgehead atoms. The largest absolute Gasteiger partial charge is 0.402 e. The van der Waals surface area contributed by atoms with Gasteiger partial charge in [-0.05, 0) is 22.9 Å². The van der Waals surface area contributed by atoms with E-state index in [1.54, 1.807) is 0 Å². The third kappa shape index (κ3) is 5.34. The Morgan fingerprint density at radius 3 is 2.04 bits per heavy atom. The molecule has 1 aliphatic heterocycles. The fourth-order valence-corrected chi connectivity index (χ4v) is 8.22. The van der Waals surface area contributed by atoms with Gasteiger partial charge in [-0.3, -0.25) is 0 Å². The second-order valence-corrected chi connectivity index (χ2v) is 13.8. The predicted molar refractivity (Wildman–Crippen MR) is 102 cm³/mol. The normalized spacial score (nSPS) is 21.7. The Balaban J connectivity index is 2.91. The summed E-state index contributed by atoms with van der Waals surface area (Å²) in [5, 5.41) is 0.166. The molecular formula is C20H38O2Si. The summed E-state index contributed by atoms with van der Waals surface area (Å²) >= 11 is 0. The number of epoxide rings is 1. The Morgan fingerprint density at radius 2 is 1.57 bits per heavy atom. The first-order valence-corrected chi connectivity index (χ1v) is 11.3. The van der Waals surface area contributed by atoms with Crippen molar-refractivity contribution >= 4 is 8.32 Å². The van der Waals surface area contributed by atoms with Crippen molar-refractivity contribution in [1.82, 2.24) is 0 Å². The maximum absolute atomic E-state index is 6.68. The molecule has 0 amide bonds. The van der Waals surface area contributed by atoms with Crippen LogP contribution < -0.4 is 0 Å². The maximum Gasteiger partial charge on any atom is 0.282 e. The van der Waals surface area contributed by atoms with Crippen LogP contribution in [0, 0.1) is 11.5 Å². The molecule has 0 radical (unpaired) electrons. The minimum atomic E-state index is -2.27. The number of unbranched alkanes of at least 4 members (excludes halogenated alkanes) is 2. The van der Waals surface area contributed by atoms with Crippen molar-refractivity contribution in [2.75, 3.05) is 6.61 Å². The summed E-state index contributed by atoms with van der Waals surface area (Å²) in [7, 11) is -2.27. The SMILES string of the molecule is CCCCC#C[Si](OC[C@@H]1O[C@H]1CCC)(C(C)(C)C)C(C)(C)C. The first-order chi connectivity index (χ1) is 10.6. The van der Waals surface area contributed by atoms with E-state index in [0.29, 0.717) is 18.8 Å². The average Bonchev–Trinajstić information content (AvgIpc) is 3.14. The molecule has 0 aromatic carbocycles. The smallest absolute Gasteiger partial charge is 0.282 e. The van der Waals surface area contributed by atoms with Gasteiger partial charge >= 0.3 is 0 Å². The van der Waals surface area contributed by atoms with Crippen LogP contribution in [-0.2, 0) is 9.16 Å². The molecule has 0 unspecified atom stereocenters. The second-order valence-electron chi connectivity index (χ2n) is 8.90. The van der Waals surface area contributed by atoms with Crippen LogP contribution in [0.5, 0.6) is 0 Å². The van der Waals surface area contributed by atoms with Crippen molar-refractivity contribution in [2.45, 2.75) is 110 Å².